The first-order valence-corrected chi connectivity index (χ1v) is 12.7. The van der Waals surface area contributed by atoms with Crippen molar-refractivity contribution in [2.45, 2.75) is 63.2 Å². The van der Waals surface area contributed by atoms with Crippen LogP contribution in [0, 0.1) is 0 Å². The Morgan fingerprint density at radius 2 is 1.23 bits per heavy atom. The maximum absolute atomic E-state index is 13.4. The van der Waals surface area contributed by atoms with Gasteiger partial charge in [-0.25, -0.2) is 0 Å². The number of unbranched alkanes of at least 4 members (excludes halogenated alkanes) is 1. The summed E-state index contributed by atoms with van der Waals surface area (Å²) in [5.74, 6) is -3.06. The Labute approximate surface area is 226 Å². The summed E-state index contributed by atoms with van der Waals surface area (Å²) in [6.07, 6.45) is 1.49. The average Bonchev–Trinajstić information content (AvgIpc) is 2.89. The standard InChI is InChI=1S/C27H37N5O7/c1-16(27(38)39)30-25(36)22(4-2-3-13-28)31-26(37)23(15-18-7-11-20(34)12-8-18)32-24(35)21(29)14-17-5-9-19(33)10-6-17/h5-12,16,21-23,33-34H,2-4,13-15,28-29H2,1H3,(H,30,36)(H,31,37)(H,32,35)(H,38,39). The van der Waals surface area contributed by atoms with Gasteiger partial charge in [0.05, 0.1) is 6.04 Å². The number of carbonyl (C=O) groups excluding carboxylic acids is 3. The van der Waals surface area contributed by atoms with E-state index >= 15 is 0 Å². The van der Waals surface area contributed by atoms with Crippen molar-refractivity contribution >= 4 is 23.7 Å². The summed E-state index contributed by atoms with van der Waals surface area (Å²) in [6.45, 7) is 1.69. The Morgan fingerprint density at radius 1 is 0.744 bits per heavy atom. The number of phenols is 2. The fourth-order valence-electron chi connectivity index (χ4n) is 3.74. The first kappa shape index (κ1) is 31.1. The van der Waals surface area contributed by atoms with E-state index in [-0.39, 0.29) is 30.8 Å². The van der Waals surface area contributed by atoms with E-state index in [1.165, 1.54) is 31.2 Å². The number of carbonyl (C=O) groups is 4. The number of phenolic OH excluding ortho intramolecular Hbond substituents is 2. The van der Waals surface area contributed by atoms with E-state index < -0.39 is 47.9 Å². The van der Waals surface area contributed by atoms with Gasteiger partial charge in [0.25, 0.3) is 0 Å². The number of aliphatic carboxylic acids is 1. The second-order valence-electron chi connectivity index (χ2n) is 9.32. The van der Waals surface area contributed by atoms with Crippen LogP contribution >= 0.6 is 0 Å². The number of amides is 3. The zero-order chi connectivity index (χ0) is 28.9. The predicted octanol–water partition coefficient (Wildman–Crippen LogP) is -0.102. The molecular weight excluding hydrogens is 506 g/mol. The van der Waals surface area contributed by atoms with E-state index in [0.29, 0.717) is 30.5 Å². The smallest absolute Gasteiger partial charge is 0.325 e. The maximum atomic E-state index is 13.4. The topological polar surface area (TPSA) is 217 Å². The predicted molar refractivity (Wildman–Crippen MR) is 144 cm³/mol. The molecule has 0 spiro atoms. The molecule has 0 aliphatic heterocycles. The van der Waals surface area contributed by atoms with Gasteiger partial charge in [-0.3, -0.25) is 19.2 Å². The van der Waals surface area contributed by atoms with E-state index in [9.17, 15) is 29.4 Å². The van der Waals surface area contributed by atoms with E-state index in [0.717, 1.165) is 0 Å². The number of carboxylic acids is 1. The summed E-state index contributed by atoms with van der Waals surface area (Å²) < 4.78 is 0. The van der Waals surface area contributed by atoms with E-state index in [4.69, 9.17) is 16.6 Å². The van der Waals surface area contributed by atoms with Crippen molar-refractivity contribution in [3.05, 3.63) is 59.7 Å². The quantitative estimate of drug-likeness (QED) is 0.140. The van der Waals surface area contributed by atoms with Crippen molar-refractivity contribution in [3.63, 3.8) is 0 Å². The molecule has 0 bridgehead atoms. The molecule has 0 heterocycles. The zero-order valence-corrected chi connectivity index (χ0v) is 21.8. The lowest BCUT2D eigenvalue weighted by Gasteiger charge is -2.25. The Hall–Kier alpha value is -4.16. The van der Waals surface area contributed by atoms with Crippen LogP contribution in [-0.4, -0.2) is 69.7 Å². The maximum Gasteiger partial charge on any atom is 0.325 e. The van der Waals surface area contributed by atoms with Gasteiger partial charge < -0.3 is 42.7 Å². The number of hydrogen-bond donors (Lipinski definition) is 8. The lowest BCUT2D eigenvalue weighted by molar-refractivity contribution is -0.141. The lowest BCUT2D eigenvalue weighted by atomic mass is 10.0. The largest absolute Gasteiger partial charge is 0.508 e. The Kier molecular flexibility index (Phi) is 12.2. The summed E-state index contributed by atoms with van der Waals surface area (Å²) in [7, 11) is 0. The zero-order valence-electron chi connectivity index (χ0n) is 21.8. The van der Waals surface area contributed by atoms with E-state index in [2.05, 4.69) is 16.0 Å². The molecule has 2 aromatic rings. The molecule has 39 heavy (non-hydrogen) atoms. The van der Waals surface area contributed by atoms with Crippen molar-refractivity contribution in [1.82, 2.24) is 16.0 Å². The molecule has 0 aromatic heterocycles. The summed E-state index contributed by atoms with van der Waals surface area (Å²) in [4.78, 5) is 50.3. The minimum atomic E-state index is -1.23. The fourth-order valence-corrected chi connectivity index (χ4v) is 3.74. The van der Waals surface area contributed by atoms with Crippen molar-refractivity contribution in [1.29, 1.82) is 0 Å². The molecule has 3 amide bonds. The Morgan fingerprint density at radius 3 is 1.74 bits per heavy atom. The molecule has 12 heteroatoms. The number of aromatic hydroxyl groups is 2. The summed E-state index contributed by atoms with van der Waals surface area (Å²) in [5.41, 5.74) is 13.0. The average molecular weight is 544 g/mol. The van der Waals surface area contributed by atoms with Crippen molar-refractivity contribution in [2.75, 3.05) is 6.54 Å². The van der Waals surface area contributed by atoms with Crippen molar-refractivity contribution < 1.29 is 34.5 Å². The Bertz CT molecular complexity index is 1110. The molecule has 4 atom stereocenters. The van der Waals surface area contributed by atoms with Crippen LogP contribution in [0.1, 0.15) is 37.3 Å². The number of carboxylic acid groups (broad SMARTS) is 1. The number of hydrogen-bond acceptors (Lipinski definition) is 8. The van der Waals surface area contributed by atoms with Crippen LogP contribution < -0.4 is 27.4 Å². The molecule has 0 aliphatic carbocycles. The molecule has 0 radical (unpaired) electrons. The number of rotatable bonds is 15. The fraction of sp³-hybridized carbons (Fsp3) is 0.407. The van der Waals surface area contributed by atoms with Gasteiger partial charge in [-0.15, -0.1) is 0 Å². The van der Waals surface area contributed by atoms with Gasteiger partial charge in [-0.05, 0) is 74.5 Å². The van der Waals surface area contributed by atoms with E-state index in [1.54, 1.807) is 24.3 Å². The first-order valence-electron chi connectivity index (χ1n) is 12.7. The molecule has 0 saturated carbocycles. The monoisotopic (exact) mass is 543 g/mol. The molecule has 0 aliphatic rings. The molecule has 0 saturated heterocycles. The third-order valence-electron chi connectivity index (χ3n) is 6.05. The highest BCUT2D eigenvalue weighted by molar-refractivity contribution is 5.94. The molecule has 10 N–H and O–H groups in total. The van der Waals surface area contributed by atoms with Crippen LogP contribution in [0.3, 0.4) is 0 Å². The second-order valence-corrected chi connectivity index (χ2v) is 9.32. The van der Waals surface area contributed by atoms with Crippen LogP contribution in [-0.2, 0) is 32.0 Å². The van der Waals surface area contributed by atoms with Gasteiger partial charge in [0, 0.05) is 6.42 Å². The molecule has 2 rings (SSSR count). The Balaban J connectivity index is 2.20. The number of benzene rings is 2. The summed E-state index contributed by atoms with van der Waals surface area (Å²) >= 11 is 0. The van der Waals surface area contributed by atoms with Crippen LogP contribution in [0.2, 0.25) is 0 Å². The van der Waals surface area contributed by atoms with E-state index in [1.807, 2.05) is 0 Å². The van der Waals surface area contributed by atoms with Crippen LogP contribution in [0.25, 0.3) is 0 Å². The SMILES string of the molecule is CC(NC(=O)C(CCCCN)NC(=O)C(Cc1ccc(O)cc1)NC(=O)C(N)Cc1ccc(O)cc1)C(=O)O. The minimum Gasteiger partial charge on any atom is -0.508 e. The highest BCUT2D eigenvalue weighted by atomic mass is 16.4. The molecule has 0 fully saturated rings. The van der Waals surface area contributed by atoms with Crippen molar-refractivity contribution in [3.8, 4) is 11.5 Å². The molecule has 12 nitrogen and oxygen atoms in total. The first-order chi connectivity index (χ1) is 18.5. The highest BCUT2D eigenvalue weighted by Crippen LogP contribution is 2.13. The number of nitrogens with one attached hydrogen (secondary N) is 3. The third-order valence-corrected chi connectivity index (χ3v) is 6.05. The van der Waals surface area contributed by atoms with Crippen LogP contribution in [0.15, 0.2) is 48.5 Å². The van der Waals surface area contributed by atoms with Gasteiger partial charge in [-0.1, -0.05) is 24.3 Å². The summed E-state index contributed by atoms with van der Waals surface area (Å²) in [6, 6.07) is 7.92. The highest BCUT2D eigenvalue weighted by Gasteiger charge is 2.29. The van der Waals surface area contributed by atoms with Crippen molar-refractivity contribution in [2.24, 2.45) is 11.5 Å². The lowest BCUT2D eigenvalue weighted by Crippen LogP contribution is -2.57. The molecule has 4 unspecified atom stereocenters. The second kappa shape index (κ2) is 15.3. The molecule has 212 valence electrons. The minimum absolute atomic E-state index is 0.0314. The number of nitrogens with two attached hydrogens (primary N) is 2. The third kappa shape index (κ3) is 10.6. The van der Waals surface area contributed by atoms with Crippen LogP contribution in [0.5, 0.6) is 11.5 Å². The van der Waals surface area contributed by atoms with Gasteiger partial charge >= 0.3 is 5.97 Å². The normalized spacial score (nSPS) is 13.9. The molecular formula is C27H37N5O7. The van der Waals surface area contributed by atoms with Gasteiger partial charge in [0.1, 0.15) is 29.6 Å². The van der Waals surface area contributed by atoms with Gasteiger partial charge in [0.15, 0.2) is 0 Å². The van der Waals surface area contributed by atoms with Gasteiger partial charge in [-0.2, -0.15) is 0 Å². The van der Waals surface area contributed by atoms with Crippen LogP contribution in [0.4, 0.5) is 0 Å². The van der Waals surface area contributed by atoms with Gasteiger partial charge in [0.2, 0.25) is 17.7 Å². The summed E-state index contributed by atoms with van der Waals surface area (Å²) in [5, 5.41) is 35.8. The molecule has 2 aromatic carbocycles.